The molecular formula is C14H24N4OS. The van der Waals surface area contributed by atoms with E-state index >= 15 is 0 Å². The van der Waals surface area contributed by atoms with E-state index in [9.17, 15) is 4.79 Å². The van der Waals surface area contributed by atoms with Crippen LogP contribution in [-0.2, 0) is 4.79 Å². The van der Waals surface area contributed by atoms with E-state index in [1.165, 1.54) is 31.0 Å². The van der Waals surface area contributed by atoms with Crippen LogP contribution in [0.1, 0.15) is 52.5 Å². The van der Waals surface area contributed by atoms with Crippen LogP contribution in [0.2, 0.25) is 0 Å². The molecule has 1 aliphatic carbocycles. The van der Waals surface area contributed by atoms with Crippen molar-refractivity contribution in [2.75, 3.05) is 5.75 Å². The summed E-state index contributed by atoms with van der Waals surface area (Å²) >= 11 is 1.46. The summed E-state index contributed by atoms with van der Waals surface area (Å²) in [6.07, 6.45) is 6.57. The third-order valence-corrected chi connectivity index (χ3v) is 4.84. The average molecular weight is 296 g/mol. The highest BCUT2D eigenvalue weighted by molar-refractivity contribution is 7.99. The van der Waals surface area contributed by atoms with Gasteiger partial charge in [0.1, 0.15) is 6.33 Å². The quantitative estimate of drug-likeness (QED) is 0.849. The van der Waals surface area contributed by atoms with Crippen LogP contribution in [0.3, 0.4) is 0 Å². The lowest BCUT2D eigenvalue weighted by Crippen LogP contribution is -2.41. The second kappa shape index (κ2) is 7.11. The zero-order valence-corrected chi connectivity index (χ0v) is 13.3. The molecule has 1 N–H and O–H groups in total. The molecule has 112 valence electrons. The van der Waals surface area contributed by atoms with Gasteiger partial charge in [-0.15, -0.1) is 10.2 Å². The SMILES string of the molecule is CC(C)n1cnnc1SCC(=O)N[C@H]1CCCC[C@@H]1C. The second-order valence-corrected chi connectivity index (χ2v) is 6.78. The van der Waals surface area contributed by atoms with Gasteiger partial charge in [0.15, 0.2) is 5.16 Å². The van der Waals surface area contributed by atoms with E-state index in [4.69, 9.17) is 0 Å². The Hall–Kier alpha value is -1.04. The monoisotopic (exact) mass is 296 g/mol. The molecule has 0 spiro atoms. The maximum absolute atomic E-state index is 12.0. The molecule has 1 aromatic heterocycles. The minimum Gasteiger partial charge on any atom is -0.352 e. The smallest absolute Gasteiger partial charge is 0.230 e. The van der Waals surface area contributed by atoms with Gasteiger partial charge < -0.3 is 9.88 Å². The predicted octanol–water partition coefficient (Wildman–Crippen LogP) is 2.65. The van der Waals surface area contributed by atoms with Crippen molar-refractivity contribution in [1.29, 1.82) is 0 Å². The van der Waals surface area contributed by atoms with Gasteiger partial charge in [-0.25, -0.2) is 0 Å². The highest BCUT2D eigenvalue weighted by Gasteiger charge is 2.23. The van der Waals surface area contributed by atoms with Crippen LogP contribution < -0.4 is 5.32 Å². The van der Waals surface area contributed by atoms with E-state index in [0.717, 1.165) is 11.6 Å². The Balaban J connectivity index is 1.81. The topological polar surface area (TPSA) is 59.8 Å². The van der Waals surface area contributed by atoms with Crippen molar-refractivity contribution < 1.29 is 4.79 Å². The van der Waals surface area contributed by atoms with Crippen molar-refractivity contribution in [2.45, 2.75) is 63.7 Å². The molecule has 0 aromatic carbocycles. The number of thioether (sulfide) groups is 1. The minimum absolute atomic E-state index is 0.104. The molecule has 0 radical (unpaired) electrons. The van der Waals surface area contributed by atoms with Gasteiger partial charge in [-0.3, -0.25) is 4.79 Å². The van der Waals surface area contributed by atoms with E-state index in [1.54, 1.807) is 6.33 Å². The van der Waals surface area contributed by atoms with Gasteiger partial charge in [-0.2, -0.15) is 0 Å². The number of rotatable bonds is 5. The number of nitrogens with zero attached hydrogens (tertiary/aromatic N) is 3. The van der Waals surface area contributed by atoms with E-state index in [-0.39, 0.29) is 5.91 Å². The zero-order valence-electron chi connectivity index (χ0n) is 12.5. The molecule has 6 heteroatoms. The van der Waals surface area contributed by atoms with Gasteiger partial charge in [0.2, 0.25) is 5.91 Å². The normalized spacial score (nSPS) is 23.0. The van der Waals surface area contributed by atoms with Gasteiger partial charge >= 0.3 is 0 Å². The van der Waals surface area contributed by atoms with Crippen LogP contribution in [0.15, 0.2) is 11.5 Å². The third kappa shape index (κ3) is 3.98. The van der Waals surface area contributed by atoms with Gasteiger partial charge in [0, 0.05) is 12.1 Å². The molecule has 2 rings (SSSR count). The molecule has 1 fully saturated rings. The van der Waals surface area contributed by atoms with E-state index < -0.39 is 0 Å². The summed E-state index contributed by atoms with van der Waals surface area (Å²) in [6.45, 7) is 6.39. The Kier molecular flexibility index (Phi) is 5.46. The van der Waals surface area contributed by atoms with Crippen LogP contribution >= 0.6 is 11.8 Å². The molecule has 1 heterocycles. The second-order valence-electron chi connectivity index (χ2n) is 5.84. The molecule has 5 nitrogen and oxygen atoms in total. The van der Waals surface area contributed by atoms with Gasteiger partial charge in [-0.1, -0.05) is 31.5 Å². The zero-order chi connectivity index (χ0) is 14.5. The first-order valence-corrected chi connectivity index (χ1v) is 8.38. The number of carbonyl (C=O) groups is 1. The van der Waals surface area contributed by atoms with Crippen molar-refractivity contribution in [3.63, 3.8) is 0 Å². The van der Waals surface area contributed by atoms with Crippen LogP contribution in [0, 0.1) is 5.92 Å². The molecule has 0 unspecified atom stereocenters. The van der Waals surface area contributed by atoms with Crippen LogP contribution in [0.4, 0.5) is 0 Å². The Morgan fingerprint density at radius 2 is 2.25 bits per heavy atom. The highest BCUT2D eigenvalue weighted by Crippen LogP contribution is 2.24. The number of aromatic nitrogens is 3. The Bertz CT molecular complexity index is 446. The van der Waals surface area contributed by atoms with Crippen molar-refractivity contribution in [3.05, 3.63) is 6.33 Å². The third-order valence-electron chi connectivity index (χ3n) is 3.89. The van der Waals surface area contributed by atoms with Crippen LogP contribution in [0.25, 0.3) is 0 Å². The lowest BCUT2D eigenvalue weighted by Gasteiger charge is -2.29. The molecule has 20 heavy (non-hydrogen) atoms. The molecule has 1 aliphatic rings. The van der Waals surface area contributed by atoms with Crippen molar-refractivity contribution >= 4 is 17.7 Å². The lowest BCUT2D eigenvalue weighted by molar-refractivity contribution is -0.119. The summed E-state index contributed by atoms with van der Waals surface area (Å²) < 4.78 is 1.99. The summed E-state index contributed by atoms with van der Waals surface area (Å²) in [5.41, 5.74) is 0. The van der Waals surface area contributed by atoms with E-state index in [2.05, 4.69) is 36.3 Å². The Labute approximate surface area is 124 Å². The average Bonchev–Trinajstić information content (AvgIpc) is 2.88. The minimum atomic E-state index is 0.104. The first-order valence-electron chi connectivity index (χ1n) is 7.39. The van der Waals surface area contributed by atoms with Gasteiger partial charge in [-0.05, 0) is 32.6 Å². The maximum Gasteiger partial charge on any atom is 0.230 e. The Morgan fingerprint density at radius 1 is 1.50 bits per heavy atom. The molecule has 1 amide bonds. The van der Waals surface area contributed by atoms with E-state index in [1.807, 2.05) is 4.57 Å². The summed E-state index contributed by atoms with van der Waals surface area (Å²) in [7, 11) is 0. The molecule has 1 saturated carbocycles. The number of nitrogens with one attached hydrogen (secondary N) is 1. The first kappa shape index (κ1) is 15.4. The maximum atomic E-state index is 12.0. The fourth-order valence-electron chi connectivity index (χ4n) is 2.60. The molecule has 1 aromatic rings. The van der Waals surface area contributed by atoms with Crippen molar-refractivity contribution in [1.82, 2.24) is 20.1 Å². The van der Waals surface area contributed by atoms with Crippen molar-refractivity contribution in [2.24, 2.45) is 5.92 Å². The van der Waals surface area contributed by atoms with E-state index in [0.29, 0.717) is 23.8 Å². The fraction of sp³-hybridized carbons (Fsp3) is 0.786. The Morgan fingerprint density at radius 3 is 2.95 bits per heavy atom. The number of hydrogen-bond acceptors (Lipinski definition) is 4. The molecule has 0 aliphatic heterocycles. The fourth-order valence-corrected chi connectivity index (χ4v) is 3.45. The molecule has 0 bridgehead atoms. The highest BCUT2D eigenvalue weighted by atomic mass is 32.2. The summed E-state index contributed by atoms with van der Waals surface area (Å²) in [5.74, 6) is 1.11. The molecular weight excluding hydrogens is 272 g/mol. The lowest BCUT2D eigenvalue weighted by atomic mass is 9.86. The first-order chi connectivity index (χ1) is 9.58. The van der Waals surface area contributed by atoms with Crippen LogP contribution in [-0.4, -0.2) is 32.5 Å². The number of amides is 1. The summed E-state index contributed by atoms with van der Waals surface area (Å²) in [4.78, 5) is 12.0. The van der Waals surface area contributed by atoms with Gasteiger partial charge in [0.25, 0.3) is 0 Å². The number of hydrogen-bond donors (Lipinski definition) is 1. The van der Waals surface area contributed by atoms with Crippen LogP contribution in [0.5, 0.6) is 0 Å². The standard InChI is InChI=1S/C14H24N4OS/c1-10(2)18-9-15-17-14(18)20-8-13(19)16-12-7-5-4-6-11(12)3/h9-12H,4-8H2,1-3H3,(H,16,19)/t11-,12-/m0/s1. The summed E-state index contributed by atoms with van der Waals surface area (Å²) in [6, 6.07) is 0.661. The summed E-state index contributed by atoms with van der Waals surface area (Å²) in [5, 5.41) is 12.0. The molecule has 2 atom stereocenters. The largest absolute Gasteiger partial charge is 0.352 e. The predicted molar refractivity (Wildman–Crippen MR) is 80.7 cm³/mol. The van der Waals surface area contributed by atoms with Crippen molar-refractivity contribution in [3.8, 4) is 0 Å². The number of carbonyl (C=O) groups excluding carboxylic acids is 1. The molecule has 0 saturated heterocycles. The van der Waals surface area contributed by atoms with Gasteiger partial charge in [0.05, 0.1) is 5.75 Å².